The quantitative estimate of drug-likeness (QED) is 0.466. The zero-order valence-corrected chi connectivity index (χ0v) is 15.4. The lowest BCUT2D eigenvalue weighted by Crippen LogP contribution is -2.29. The largest absolute Gasteiger partial charge is 0.385 e. The van der Waals surface area contributed by atoms with Crippen molar-refractivity contribution in [2.75, 3.05) is 0 Å². The monoisotopic (exact) mass is 406 g/mol. The van der Waals surface area contributed by atoms with E-state index in [0.717, 1.165) is 33.1 Å². The van der Waals surface area contributed by atoms with Crippen molar-refractivity contribution in [3.63, 3.8) is 0 Å². The van der Waals surface area contributed by atoms with Gasteiger partial charge in [-0.05, 0) is 46.6 Å². The van der Waals surface area contributed by atoms with E-state index in [1.54, 1.807) is 0 Å². The molecule has 0 bridgehead atoms. The second kappa shape index (κ2) is 7.93. The predicted octanol–water partition coefficient (Wildman–Crippen LogP) is 5.93. The topological polar surface area (TPSA) is 20.2 Å². The smallest absolute Gasteiger partial charge is 0.0910 e. The highest BCUT2D eigenvalue weighted by Gasteiger charge is 2.32. The Kier molecular flexibility index (Phi) is 6.21. The number of rotatable bonds is 6. The molecule has 0 amide bonds. The van der Waals surface area contributed by atoms with Crippen LogP contribution in [0, 0.1) is 0 Å². The molecule has 0 aliphatic rings. The summed E-state index contributed by atoms with van der Waals surface area (Å²) < 4.78 is 1.13. The Balaban J connectivity index is 2.65. The van der Waals surface area contributed by atoms with Gasteiger partial charge in [0.05, 0.1) is 5.60 Å². The van der Waals surface area contributed by atoms with Crippen LogP contribution in [0.5, 0.6) is 0 Å². The first-order valence-corrected chi connectivity index (χ1v) is 8.93. The van der Waals surface area contributed by atoms with Crippen LogP contribution in [0.2, 0.25) is 0 Å². The molecule has 0 saturated heterocycles. The molecule has 1 N–H and O–H groups in total. The van der Waals surface area contributed by atoms with E-state index < -0.39 is 5.60 Å². The molecule has 0 heterocycles. The van der Waals surface area contributed by atoms with E-state index >= 15 is 0 Å². The average molecular weight is 406 g/mol. The Bertz CT molecular complexity index is 619. The lowest BCUT2D eigenvalue weighted by atomic mass is 9.81. The fourth-order valence-electron chi connectivity index (χ4n) is 2.83. The molecule has 0 aliphatic heterocycles. The second-order valence-electron chi connectivity index (χ2n) is 5.56. The van der Waals surface area contributed by atoms with Gasteiger partial charge in [0, 0.05) is 9.15 Å². The first-order valence-electron chi connectivity index (χ1n) is 7.86. The van der Waals surface area contributed by atoms with Crippen LogP contribution in [0.4, 0.5) is 0 Å². The summed E-state index contributed by atoms with van der Waals surface area (Å²) in [6.45, 7) is 4.19. The normalized spacial score (nSPS) is 15.1. The van der Waals surface area contributed by atoms with Crippen molar-refractivity contribution in [1.82, 2.24) is 0 Å². The summed E-state index contributed by atoms with van der Waals surface area (Å²) in [5, 5.41) is 11.3. The minimum absolute atomic E-state index is 0.713. The van der Waals surface area contributed by atoms with E-state index in [1.807, 2.05) is 36.4 Å². The van der Waals surface area contributed by atoms with Gasteiger partial charge in [-0.1, -0.05) is 80.9 Å². The van der Waals surface area contributed by atoms with Gasteiger partial charge >= 0.3 is 0 Å². The summed E-state index contributed by atoms with van der Waals surface area (Å²) >= 11 is 2.38. The molecule has 22 heavy (non-hydrogen) atoms. The summed E-state index contributed by atoms with van der Waals surface area (Å²) in [4.78, 5) is 0. The summed E-state index contributed by atoms with van der Waals surface area (Å²) in [5.41, 5.74) is 2.52. The van der Waals surface area contributed by atoms with E-state index in [-0.39, 0.29) is 0 Å². The minimum Gasteiger partial charge on any atom is -0.385 e. The maximum atomic E-state index is 11.3. The molecule has 2 rings (SSSR count). The highest BCUT2D eigenvalue weighted by molar-refractivity contribution is 14.1. The number of aliphatic hydroxyl groups is 1. The van der Waals surface area contributed by atoms with Crippen LogP contribution in [-0.2, 0) is 0 Å². The van der Waals surface area contributed by atoms with Crippen LogP contribution in [0.1, 0.15) is 44.2 Å². The molecule has 1 unspecified atom stereocenters. The van der Waals surface area contributed by atoms with Crippen molar-refractivity contribution in [2.45, 2.75) is 38.7 Å². The van der Waals surface area contributed by atoms with Crippen LogP contribution in [0.25, 0.3) is 9.15 Å². The molecule has 0 aromatic heterocycles. The van der Waals surface area contributed by atoms with Crippen LogP contribution >= 0.6 is 22.6 Å². The van der Waals surface area contributed by atoms with Crippen LogP contribution in [0.15, 0.2) is 60.7 Å². The van der Waals surface area contributed by atoms with E-state index in [1.165, 1.54) is 0 Å². The van der Waals surface area contributed by atoms with Crippen molar-refractivity contribution >= 4 is 31.7 Å². The third-order valence-electron chi connectivity index (χ3n) is 4.02. The first kappa shape index (κ1) is 17.2. The molecule has 2 aromatic carbocycles. The van der Waals surface area contributed by atoms with Gasteiger partial charge < -0.3 is 5.11 Å². The van der Waals surface area contributed by atoms with Gasteiger partial charge in [-0.2, -0.15) is 0 Å². The Morgan fingerprint density at radius 2 is 1.41 bits per heavy atom. The van der Waals surface area contributed by atoms with E-state index in [0.29, 0.717) is 6.42 Å². The molecule has 1 atom stereocenters. The van der Waals surface area contributed by atoms with Gasteiger partial charge in [0.15, 0.2) is 0 Å². The molecule has 2 heteroatoms. The van der Waals surface area contributed by atoms with Gasteiger partial charge in [-0.15, -0.1) is 0 Å². The zero-order valence-electron chi connectivity index (χ0n) is 13.2. The van der Waals surface area contributed by atoms with Crippen LogP contribution < -0.4 is 0 Å². The Hall–Kier alpha value is -1.13. The first-order chi connectivity index (χ1) is 10.6. The van der Waals surface area contributed by atoms with Crippen LogP contribution in [-0.4, -0.2) is 10.7 Å². The summed E-state index contributed by atoms with van der Waals surface area (Å²) in [6, 6.07) is 20.6. The van der Waals surface area contributed by atoms with Gasteiger partial charge in [-0.25, -0.2) is 0 Å². The van der Waals surface area contributed by atoms with Gasteiger partial charge in [0.2, 0.25) is 0 Å². The predicted molar refractivity (Wildman–Crippen MR) is 104 cm³/mol. The highest BCUT2D eigenvalue weighted by atomic mass is 127. The van der Waals surface area contributed by atoms with Crippen molar-refractivity contribution in [3.8, 4) is 0 Å². The molecular formula is C20H23IO. The molecule has 0 aliphatic carbocycles. The number of hydrogen-bond acceptors (Lipinski definition) is 1. The third kappa shape index (κ3) is 3.79. The molecular weight excluding hydrogens is 383 g/mol. The molecule has 0 saturated carbocycles. The fraction of sp³-hybridized carbons (Fsp3) is 0.300. The molecule has 2 aromatic rings. The summed E-state index contributed by atoms with van der Waals surface area (Å²) in [6.07, 6.45) is 2.44. The maximum absolute atomic E-state index is 11.3. The van der Waals surface area contributed by atoms with Crippen molar-refractivity contribution in [2.24, 2.45) is 0 Å². The number of benzene rings is 2. The van der Waals surface area contributed by atoms with Crippen molar-refractivity contribution in [3.05, 3.63) is 71.8 Å². The van der Waals surface area contributed by atoms with Gasteiger partial charge in [0.1, 0.15) is 0 Å². The molecule has 1 nitrogen and oxygen atoms in total. The Morgan fingerprint density at radius 3 is 1.86 bits per heavy atom. The molecule has 0 radical (unpaired) electrons. The zero-order chi connectivity index (χ0) is 16.0. The lowest BCUT2D eigenvalue weighted by Gasteiger charge is -2.31. The Morgan fingerprint density at radius 1 is 0.909 bits per heavy atom. The number of hydrogen-bond donors (Lipinski definition) is 1. The summed E-state index contributed by atoms with van der Waals surface area (Å²) in [5.74, 6) is 0. The third-order valence-corrected chi connectivity index (χ3v) is 5.19. The fourth-order valence-corrected chi connectivity index (χ4v) is 4.00. The molecule has 0 fully saturated rings. The standard InChI is InChI=1S/C20H23IO/c1-3-15-20(22,4-2)18(16-11-7-5-8-12-16)19(21)17-13-9-6-10-14-17/h5-14,22H,3-4,15H2,1-2H3/b19-18-. The van der Waals surface area contributed by atoms with E-state index in [2.05, 4.69) is 60.7 Å². The molecule has 0 spiro atoms. The average Bonchev–Trinajstić information content (AvgIpc) is 2.57. The van der Waals surface area contributed by atoms with Crippen molar-refractivity contribution in [1.29, 1.82) is 0 Å². The van der Waals surface area contributed by atoms with Gasteiger partial charge in [0.25, 0.3) is 0 Å². The van der Waals surface area contributed by atoms with E-state index in [9.17, 15) is 5.11 Å². The minimum atomic E-state index is -0.789. The molecule has 116 valence electrons. The summed E-state index contributed by atoms with van der Waals surface area (Å²) in [7, 11) is 0. The van der Waals surface area contributed by atoms with Gasteiger partial charge in [-0.3, -0.25) is 0 Å². The van der Waals surface area contributed by atoms with Crippen LogP contribution in [0.3, 0.4) is 0 Å². The lowest BCUT2D eigenvalue weighted by molar-refractivity contribution is 0.0878. The highest BCUT2D eigenvalue weighted by Crippen LogP contribution is 2.42. The maximum Gasteiger partial charge on any atom is 0.0910 e. The second-order valence-corrected chi connectivity index (χ2v) is 6.63. The van der Waals surface area contributed by atoms with E-state index in [4.69, 9.17) is 0 Å². The Labute approximate surface area is 147 Å². The SMILES string of the molecule is CCCC(O)(CC)/C(=C(\I)c1ccccc1)c1ccccc1. The number of halogens is 1. The van der Waals surface area contributed by atoms with Crippen molar-refractivity contribution < 1.29 is 5.11 Å².